The molecule has 2 aromatic carbocycles. The van der Waals surface area contributed by atoms with Crippen molar-refractivity contribution in [3.05, 3.63) is 71.5 Å². The Morgan fingerprint density at radius 1 is 1.09 bits per heavy atom. The Balaban J connectivity index is 1.66. The van der Waals surface area contributed by atoms with Crippen molar-refractivity contribution in [2.45, 2.75) is 6.42 Å². The van der Waals surface area contributed by atoms with Crippen molar-refractivity contribution in [2.24, 2.45) is 0 Å². The van der Waals surface area contributed by atoms with Crippen LogP contribution < -0.4 is 4.74 Å². The monoisotopic (exact) mass is 313 g/mol. The molecular weight excluding hydrogens is 301 g/mol. The lowest BCUT2D eigenvalue weighted by Crippen LogP contribution is -2.11. The Morgan fingerprint density at radius 2 is 1.82 bits per heavy atom. The molecule has 5 heteroatoms. The lowest BCUT2D eigenvalue weighted by atomic mass is 10.2. The molecule has 22 heavy (non-hydrogen) atoms. The molecule has 0 bridgehead atoms. The third kappa shape index (κ3) is 3.56. The number of nitrogens with zero attached hydrogens (tertiary/aromatic N) is 1. The third-order valence-electron chi connectivity index (χ3n) is 2.94. The summed E-state index contributed by atoms with van der Waals surface area (Å²) in [6.07, 6.45) is 0.104. The van der Waals surface area contributed by atoms with Crippen molar-refractivity contribution in [2.75, 3.05) is 0 Å². The molecule has 0 radical (unpaired) electrons. The van der Waals surface area contributed by atoms with Gasteiger partial charge in [0.25, 0.3) is 0 Å². The van der Waals surface area contributed by atoms with Gasteiger partial charge in [-0.05, 0) is 36.4 Å². The highest BCUT2D eigenvalue weighted by Crippen LogP contribution is 2.24. The van der Waals surface area contributed by atoms with Gasteiger partial charge in [-0.15, -0.1) is 11.3 Å². The predicted octanol–water partition coefficient (Wildman–Crippen LogP) is 4.10. The molecule has 0 fully saturated rings. The normalized spacial score (nSPS) is 10.4. The van der Waals surface area contributed by atoms with E-state index in [4.69, 9.17) is 4.74 Å². The van der Waals surface area contributed by atoms with Crippen LogP contribution in [-0.2, 0) is 11.2 Å². The van der Waals surface area contributed by atoms with Crippen LogP contribution in [0.5, 0.6) is 5.75 Å². The summed E-state index contributed by atoms with van der Waals surface area (Å²) < 4.78 is 18.1. The van der Waals surface area contributed by atoms with Crippen LogP contribution in [0.15, 0.2) is 60.0 Å². The van der Waals surface area contributed by atoms with E-state index < -0.39 is 0 Å². The Labute approximate surface area is 131 Å². The SMILES string of the molecule is O=C(Cc1csc(-c2ccc(F)cc2)n1)Oc1ccccc1. The average molecular weight is 313 g/mol. The van der Waals surface area contributed by atoms with E-state index in [1.165, 1.54) is 23.5 Å². The molecule has 0 N–H and O–H groups in total. The first-order valence-corrected chi connectivity index (χ1v) is 7.55. The van der Waals surface area contributed by atoms with Crippen LogP contribution in [0.3, 0.4) is 0 Å². The summed E-state index contributed by atoms with van der Waals surface area (Å²) in [6.45, 7) is 0. The van der Waals surface area contributed by atoms with Crippen molar-refractivity contribution in [3.8, 4) is 16.3 Å². The minimum Gasteiger partial charge on any atom is -0.426 e. The Morgan fingerprint density at radius 3 is 2.55 bits per heavy atom. The van der Waals surface area contributed by atoms with Gasteiger partial charge in [0.2, 0.25) is 0 Å². The van der Waals surface area contributed by atoms with Crippen LogP contribution in [0.25, 0.3) is 10.6 Å². The van der Waals surface area contributed by atoms with Crippen LogP contribution in [0.2, 0.25) is 0 Å². The summed E-state index contributed by atoms with van der Waals surface area (Å²) in [5.74, 6) is -0.129. The summed E-state index contributed by atoms with van der Waals surface area (Å²) in [5.41, 5.74) is 1.47. The predicted molar refractivity (Wildman–Crippen MR) is 83.3 cm³/mol. The molecule has 1 aromatic heterocycles. The molecule has 0 saturated carbocycles. The van der Waals surface area contributed by atoms with E-state index in [1.807, 2.05) is 11.4 Å². The number of rotatable bonds is 4. The van der Waals surface area contributed by atoms with E-state index in [9.17, 15) is 9.18 Å². The maximum Gasteiger partial charge on any atom is 0.317 e. The minimum atomic E-state index is -0.359. The van der Waals surface area contributed by atoms with Gasteiger partial charge in [-0.25, -0.2) is 9.37 Å². The quantitative estimate of drug-likeness (QED) is 0.538. The van der Waals surface area contributed by atoms with Crippen molar-refractivity contribution >= 4 is 17.3 Å². The first kappa shape index (κ1) is 14.4. The summed E-state index contributed by atoms with van der Waals surface area (Å²) in [5, 5.41) is 2.56. The van der Waals surface area contributed by atoms with Gasteiger partial charge in [0, 0.05) is 10.9 Å². The molecule has 0 atom stereocenters. The molecule has 3 aromatic rings. The molecule has 1 heterocycles. The highest BCUT2D eigenvalue weighted by Gasteiger charge is 2.11. The summed E-state index contributed by atoms with van der Waals surface area (Å²) >= 11 is 1.42. The average Bonchev–Trinajstić information content (AvgIpc) is 2.97. The largest absolute Gasteiger partial charge is 0.426 e. The second-order valence-electron chi connectivity index (χ2n) is 4.61. The number of hydrogen-bond donors (Lipinski definition) is 0. The van der Waals surface area contributed by atoms with Crippen molar-refractivity contribution in [3.63, 3.8) is 0 Å². The number of aromatic nitrogens is 1. The highest BCUT2D eigenvalue weighted by atomic mass is 32.1. The second kappa shape index (κ2) is 6.49. The van der Waals surface area contributed by atoms with E-state index in [-0.39, 0.29) is 18.2 Å². The molecule has 0 amide bonds. The van der Waals surface area contributed by atoms with Gasteiger partial charge in [0.1, 0.15) is 16.6 Å². The first-order valence-electron chi connectivity index (χ1n) is 6.67. The van der Waals surface area contributed by atoms with Gasteiger partial charge < -0.3 is 4.74 Å². The molecule has 110 valence electrons. The smallest absolute Gasteiger partial charge is 0.317 e. The Bertz CT molecular complexity index is 769. The number of thiazole rings is 1. The highest BCUT2D eigenvalue weighted by molar-refractivity contribution is 7.13. The van der Waals surface area contributed by atoms with E-state index in [0.717, 1.165) is 10.6 Å². The fourth-order valence-corrected chi connectivity index (χ4v) is 2.74. The van der Waals surface area contributed by atoms with E-state index >= 15 is 0 Å². The van der Waals surface area contributed by atoms with E-state index in [2.05, 4.69) is 4.98 Å². The maximum atomic E-state index is 12.9. The van der Waals surface area contributed by atoms with Gasteiger partial charge in [-0.1, -0.05) is 18.2 Å². The van der Waals surface area contributed by atoms with Crippen molar-refractivity contribution < 1.29 is 13.9 Å². The maximum absolute atomic E-state index is 12.9. The van der Waals surface area contributed by atoms with Gasteiger partial charge in [-0.3, -0.25) is 4.79 Å². The Hall–Kier alpha value is -2.53. The fourth-order valence-electron chi connectivity index (χ4n) is 1.92. The Kier molecular flexibility index (Phi) is 4.25. The zero-order chi connectivity index (χ0) is 15.4. The first-order chi connectivity index (χ1) is 10.7. The molecule has 0 aliphatic rings. The number of halogens is 1. The lowest BCUT2D eigenvalue weighted by Gasteiger charge is -2.02. The zero-order valence-corrected chi connectivity index (χ0v) is 12.3. The molecule has 0 unspecified atom stereocenters. The minimum absolute atomic E-state index is 0.104. The number of carbonyl (C=O) groups excluding carboxylic acids is 1. The number of carbonyl (C=O) groups is 1. The van der Waals surface area contributed by atoms with Gasteiger partial charge in [0.15, 0.2) is 0 Å². The number of hydrogen-bond acceptors (Lipinski definition) is 4. The molecule has 0 aliphatic heterocycles. The lowest BCUT2D eigenvalue weighted by molar-refractivity contribution is -0.133. The van der Waals surface area contributed by atoms with Gasteiger partial charge >= 0.3 is 5.97 Å². The van der Waals surface area contributed by atoms with E-state index in [0.29, 0.717) is 11.4 Å². The molecule has 0 aliphatic carbocycles. The van der Waals surface area contributed by atoms with Crippen molar-refractivity contribution in [1.29, 1.82) is 0 Å². The van der Waals surface area contributed by atoms with E-state index in [1.54, 1.807) is 36.4 Å². The number of esters is 1. The zero-order valence-electron chi connectivity index (χ0n) is 11.5. The van der Waals surface area contributed by atoms with Crippen LogP contribution in [0.1, 0.15) is 5.69 Å². The van der Waals surface area contributed by atoms with Crippen LogP contribution in [-0.4, -0.2) is 11.0 Å². The van der Waals surface area contributed by atoms with Crippen LogP contribution in [0.4, 0.5) is 4.39 Å². The summed E-state index contributed by atoms with van der Waals surface area (Å²) in [7, 11) is 0. The molecule has 0 spiro atoms. The molecular formula is C17H12FNO2S. The van der Waals surface area contributed by atoms with Crippen LogP contribution in [0, 0.1) is 5.82 Å². The molecule has 3 nitrogen and oxygen atoms in total. The second-order valence-corrected chi connectivity index (χ2v) is 5.47. The topological polar surface area (TPSA) is 39.2 Å². The van der Waals surface area contributed by atoms with Crippen molar-refractivity contribution in [1.82, 2.24) is 4.98 Å². The molecule has 0 saturated heterocycles. The standard InChI is InChI=1S/C17H12FNO2S/c18-13-8-6-12(7-9-13)17-19-14(11-22-17)10-16(20)21-15-4-2-1-3-5-15/h1-9,11H,10H2. The summed E-state index contributed by atoms with van der Waals surface area (Å²) in [6, 6.07) is 15.0. The fraction of sp³-hybridized carbons (Fsp3) is 0.0588. The summed E-state index contributed by atoms with van der Waals surface area (Å²) in [4.78, 5) is 16.3. The number of benzene rings is 2. The number of para-hydroxylation sites is 1. The number of ether oxygens (including phenoxy) is 1. The third-order valence-corrected chi connectivity index (χ3v) is 3.88. The van der Waals surface area contributed by atoms with Gasteiger partial charge in [-0.2, -0.15) is 0 Å². The van der Waals surface area contributed by atoms with Gasteiger partial charge in [0.05, 0.1) is 12.1 Å². The van der Waals surface area contributed by atoms with Crippen LogP contribution >= 0.6 is 11.3 Å². The molecule has 3 rings (SSSR count).